The topological polar surface area (TPSA) is 85.8 Å². The Kier molecular flexibility index (Phi) is 3.97. The summed E-state index contributed by atoms with van der Waals surface area (Å²) in [5.74, 6) is -0.192. The Bertz CT molecular complexity index is 927. The van der Waals surface area contributed by atoms with E-state index in [-0.39, 0.29) is 11.9 Å². The minimum Gasteiger partial charge on any atom is -0.399 e. The third-order valence-electron chi connectivity index (χ3n) is 3.94. The van der Waals surface area contributed by atoms with Crippen LogP contribution in [-0.2, 0) is 0 Å². The van der Waals surface area contributed by atoms with Crippen LogP contribution in [0.15, 0.2) is 30.5 Å². The van der Waals surface area contributed by atoms with E-state index in [0.717, 1.165) is 22.3 Å². The lowest BCUT2D eigenvalue weighted by molar-refractivity contribution is 0.102. The second kappa shape index (κ2) is 5.96. The van der Waals surface area contributed by atoms with E-state index < -0.39 is 0 Å². The summed E-state index contributed by atoms with van der Waals surface area (Å²) >= 11 is 0. The van der Waals surface area contributed by atoms with Gasteiger partial charge >= 0.3 is 0 Å². The van der Waals surface area contributed by atoms with Crippen molar-refractivity contribution in [2.45, 2.75) is 33.7 Å². The molecule has 0 spiro atoms. The van der Waals surface area contributed by atoms with Crippen LogP contribution in [0.2, 0.25) is 0 Å². The first-order chi connectivity index (χ1) is 11.4. The molecule has 24 heavy (non-hydrogen) atoms. The Morgan fingerprint density at radius 3 is 2.71 bits per heavy atom. The van der Waals surface area contributed by atoms with E-state index in [9.17, 15) is 4.79 Å². The molecule has 0 aliphatic carbocycles. The largest absolute Gasteiger partial charge is 0.399 e. The van der Waals surface area contributed by atoms with Crippen molar-refractivity contribution in [2.24, 2.45) is 0 Å². The molecule has 1 amide bonds. The van der Waals surface area contributed by atoms with Gasteiger partial charge in [-0.3, -0.25) is 4.79 Å². The molecule has 3 rings (SSSR count). The minimum absolute atomic E-state index is 0.170. The lowest BCUT2D eigenvalue weighted by Crippen LogP contribution is -2.14. The third kappa shape index (κ3) is 2.82. The maximum Gasteiger partial charge on any atom is 0.256 e. The summed E-state index contributed by atoms with van der Waals surface area (Å²) < 4.78 is 1.82. The number of pyridine rings is 1. The Morgan fingerprint density at radius 1 is 1.25 bits per heavy atom. The first-order valence-corrected chi connectivity index (χ1v) is 7.89. The van der Waals surface area contributed by atoms with E-state index in [1.54, 1.807) is 18.3 Å². The number of hydrogen-bond donors (Lipinski definition) is 2. The molecule has 6 heteroatoms. The number of anilines is 2. The molecular weight excluding hydrogens is 302 g/mol. The number of carbonyl (C=O) groups is 1. The number of nitrogens with zero attached hydrogens (tertiary/aromatic N) is 3. The summed E-state index contributed by atoms with van der Waals surface area (Å²) in [6.45, 7) is 7.87. The van der Waals surface area contributed by atoms with Gasteiger partial charge in [0.1, 0.15) is 0 Å². The van der Waals surface area contributed by atoms with Gasteiger partial charge < -0.3 is 11.1 Å². The molecule has 0 atom stereocenters. The lowest BCUT2D eigenvalue weighted by Gasteiger charge is -2.11. The van der Waals surface area contributed by atoms with Gasteiger partial charge in [0, 0.05) is 23.1 Å². The van der Waals surface area contributed by atoms with Crippen molar-refractivity contribution in [1.29, 1.82) is 0 Å². The molecule has 6 nitrogen and oxygen atoms in total. The van der Waals surface area contributed by atoms with Gasteiger partial charge in [0.2, 0.25) is 0 Å². The Balaban J connectivity index is 2.05. The highest BCUT2D eigenvalue weighted by atomic mass is 16.1. The van der Waals surface area contributed by atoms with Crippen LogP contribution >= 0.6 is 0 Å². The molecule has 0 fully saturated rings. The summed E-state index contributed by atoms with van der Waals surface area (Å²) in [5, 5.41) is 8.06. The Morgan fingerprint density at radius 2 is 2.00 bits per heavy atom. The van der Waals surface area contributed by atoms with Crippen molar-refractivity contribution in [1.82, 2.24) is 14.8 Å². The molecule has 1 aromatic carbocycles. The average Bonchev–Trinajstić information content (AvgIpc) is 2.93. The zero-order valence-electron chi connectivity index (χ0n) is 14.3. The van der Waals surface area contributed by atoms with Crippen LogP contribution in [0.5, 0.6) is 0 Å². The van der Waals surface area contributed by atoms with E-state index in [4.69, 9.17) is 5.73 Å². The molecule has 2 heterocycles. The van der Waals surface area contributed by atoms with Crippen molar-refractivity contribution >= 4 is 28.3 Å². The average molecular weight is 323 g/mol. The van der Waals surface area contributed by atoms with Gasteiger partial charge in [0.25, 0.3) is 5.91 Å². The summed E-state index contributed by atoms with van der Waals surface area (Å²) in [6, 6.07) is 7.41. The fraction of sp³-hybridized carbons (Fsp3) is 0.278. The first kappa shape index (κ1) is 16.0. The molecule has 0 aliphatic rings. The first-order valence-electron chi connectivity index (χ1n) is 7.89. The van der Waals surface area contributed by atoms with Crippen molar-refractivity contribution in [3.8, 4) is 0 Å². The number of nitrogens with one attached hydrogen (secondary N) is 1. The van der Waals surface area contributed by atoms with Crippen LogP contribution in [0, 0.1) is 13.8 Å². The molecule has 0 saturated carbocycles. The van der Waals surface area contributed by atoms with Crippen LogP contribution in [0.1, 0.15) is 41.5 Å². The van der Waals surface area contributed by atoms with Crippen molar-refractivity contribution < 1.29 is 4.79 Å². The second-order valence-corrected chi connectivity index (χ2v) is 6.26. The number of carbonyl (C=O) groups excluding carboxylic acids is 1. The molecule has 124 valence electrons. The van der Waals surface area contributed by atoms with Gasteiger partial charge in [-0.2, -0.15) is 5.10 Å². The van der Waals surface area contributed by atoms with Gasteiger partial charge in [-0.05, 0) is 51.5 Å². The minimum atomic E-state index is -0.192. The van der Waals surface area contributed by atoms with Crippen molar-refractivity contribution in [3.63, 3.8) is 0 Å². The normalized spacial score (nSPS) is 11.2. The number of aromatic nitrogens is 3. The number of fused-ring (bicyclic) bond motifs is 1. The summed E-state index contributed by atoms with van der Waals surface area (Å²) in [6.07, 6.45) is 1.70. The van der Waals surface area contributed by atoms with Crippen molar-refractivity contribution in [3.05, 3.63) is 47.3 Å². The van der Waals surface area contributed by atoms with Crippen LogP contribution < -0.4 is 11.1 Å². The van der Waals surface area contributed by atoms with Crippen molar-refractivity contribution in [2.75, 3.05) is 11.1 Å². The highest BCUT2D eigenvalue weighted by molar-refractivity contribution is 6.12. The summed E-state index contributed by atoms with van der Waals surface area (Å²) in [7, 11) is 0. The van der Waals surface area contributed by atoms with Gasteiger partial charge in [-0.15, -0.1) is 0 Å². The highest BCUT2D eigenvalue weighted by Crippen LogP contribution is 2.24. The SMILES string of the molecule is Cc1cc(C(=O)Nc2cc(N)ccc2C)c2cnn(C(C)C)c2n1. The Labute approximate surface area is 140 Å². The number of aryl methyl sites for hydroxylation is 2. The molecule has 0 aliphatic heterocycles. The standard InChI is InChI=1S/C18H21N5O/c1-10(2)23-17-15(9-20-23)14(7-12(4)21-17)18(24)22-16-8-13(19)6-5-11(16)3/h5-10H,19H2,1-4H3,(H,22,24). The molecule has 0 radical (unpaired) electrons. The van der Waals surface area contributed by atoms with Gasteiger partial charge in [0.05, 0.1) is 17.1 Å². The quantitative estimate of drug-likeness (QED) is 0.723. The number of rotatable bonds is 3. The fourth-order valence-corrected chi connectivity index (χ4v) is 2.67. The van der Waals surface area contributed by atoms with Crippen LogP contribution in [0.3, 0.4) is 0 Å². The number of benzene rings is 1. The maximum absolute atomic E-state index is 12.8. The van der Waals surface area contributed by atoms with E-state index in [1.165, 1.54) is 0 Å². The fourth-order valence-electron chi connectivity index (χ4n) is 2.67. The smallest absolute Gasteiger partial charge is 0.256 e. The van der Waals surface area contributed by atoms with Gasteiger partial charge in [0.15, 0.2) is 5.65 Å². The summed E-state index contributed by atoms with van der Waals surface area (Å²) in [4.78, 5) is 17.3. The zero-order valence-corrected chi connectivity index (χ0v) is 14.3. The van der Waals surface area contributed by atoms with E-state index in [1.807, 2.05) is 44.5 Å². The number of amides is 1. The lowest BCUT2D eigenvalue weighted by atomic mass is 10.1. The van der Waals surface area contributed by atoms with Crippen LogP contribution in [0.25, 0.3) is 11.0 Å². The molecule has 3 N–H and O–H groups in total. The van der Waals surface area contributed by atoms with Gasteiger partial charge in [-0.1, -0.05) is 6.07 Å². The number of nitrogen functional groups attached to an aromatic ring is 1. The number of nitrogens with two attached hydrogens (primary N) is 1. The molecule has 0 bridgehead atoms. The molecule has 0 unspecified atom stereocenters. The zero-order chi connectivity index (χ0) is 17.4. The molecular formula is C18H21N5O. The van der Waals surface area contributed by atoms with E-state index >= 15 is 0 Å². The second-order valence-electron chi connectivity index (χ2n) is 6.26. The molecule has 0 saturated heterocycles. The highest BCUT2D eigenvalue weighted by Gasteiger charge is 2.17. The number of hydrogen-bond acceptors (Lipinski definition) is 4. The predicted molar refractivity (Wildman–Crippen MR) is 96.2 cm³/mol. The third-order valence-corrected chi connectivity index (χ3v) is 3.94. The van der Waals surface area contributed by atoms with E-state index in [0.29, 0.717) is 16.9 Å². The predicted octanol–water partition coefficient (Wildman–Crippen LogP) is 3.46. The summed E-state index contributed by atoms with van der Waals surface area (Å²) in [5.41, 5.74) is 10.2. The molecule has 3 aromatic rings. The molecule has 2 aromatic heterocycles. The van der Waals surface area contributed by atoms with Gasteiger partial charge in [-0.25, -0.2) is 9.67 Å². The Hall–Kier alpha value is -2.89. The monoisotopic (exact) mass is 323 g/mol. The van der Waals surface area contributed by atoms with Crippen LogP contribution in [-0.4, -0.2) is 20.7 Å². The van der Waals surface area contributed by atoms with Crippen LogP contribution in [0.4, 0.5) is 11.4 Å². The van der Waals surface area contributed by atoms with E-state index in [2.05, 4.69) is 15.4 Å². The maximum atomic E-state index is 12.8.